The van der Waals surface area contributed by atoms with Crippen LogP contribution in [0.3, 0.4) is 0 Å². The summed E-state index contributed by atoms with van der Waals surface area (Å²) in [6, 6.07) is 5.19. The van der Waals surface area contributed by atoms with E-state index in [1.165, 1.54) is 18.2 Å². The second-order valence-electron chi connectivity index (χ2n) is 3.45. The Morgan fingerprint density at radius 1 is 1.38 bits per heavy atom. The second kappa shape index (κ2) is 5.05. The molecule has 1 unspecified atom stereocenters. The molecule has 1 aromatic carbocycles. The predicted molar refractivity (Wildman–Crippen MR) is 56.3 cm³/mol. The van der Waals surface area contributed by atoms with Gasteiger partial charge in [-0.25, -0.2) is 0 Å². The number of halogens is 3. The zero-order valence-corrected chi connectivity index (χ0v) is 8.92. The van der Waals surface area contributed by atoms with Crippen molar-refractivity contribution < 1.29 is 17.9 Å². The largest absolute Gasteiger partial charge is 0.490 e. The molecule has 1 nitrogen and oxygen atoms in total. The molecule has 0 radical (unpaired) electrons. The van der Waals surface area contributed by atoms with Crippen LogP contribution in [0.4, 0.5) is 13.2 Å². The van der Waals surface area contributed by atoms with Gasteiger partial charge in [0.25, 0.3) is 0 Å². The smallest absolute Gasteiger partial charge is 0.419 e. The molecular formula is C12H13F3O. The standard InChI is InChI=1S/C12H13F3O/c1-3-6-9(2)16-11-8-5-4-7-10(11)12(13,14)15/h3-5,7-9H,1,6H2,2H3. The molecule has 1 atom stereocenters. The highest BCUT2D eigenvalue weighted by molar-refractivity contribution is 5.35. The monoisotopic (exact) mass is 230 g/mol. The van der Waals surface area contributed by atoms with Gasteiger partial charge in [-0.1, -0.05) is 18.2 Å². The van der Waals surface area contributed by atoms with Crippen LogP contribution in [0, 0.1) is 0 Å². The minimum absolute atomic E-state index is 0.135. The summed E-state index contributed by atoms with van der Waals surface area (Å²) in [5.74, 6) is -0.135. The lowest BCUT2D eigenvalue weighted by Gasteiger charge is -2.17. The lowest BCUT2D eigenvalue weighted by Crippen LogP contribution is -2.14. The van der Waals surface area contributed by atoms with Crippen molar-refractivity contribution in [2.45, 2.75) is 25.6 Å². The Balaban J connectivity index is 2.91. The number of hydrogen-bond donors (Lipinski definition) is 0. The molecule has 0 amide bonds. The normalized spacial score (nSPS) is 13.2. The van der Waals surface area contributed by atoms with Crippen LogP contribution in [0.25, 0.3) is 0 Å². The van der Waals surface area contributed by atoms with Crippen molar-refractivity contribution in [3.63, 3.8) is 0 Å². The van der Waals surface area contributed by atoms with Crippen LogP contribution in [0.1, 0.15) is 18.9 Å². The maximum Gasteiger partial charge on any atom is 0.419 e. The van der Waals surface area contributed by atoms with Gasteiger partial charge in [0.15, 0.2) is 0 Å². The zero-order valence-electron chi connectivity index (χ0n) is 8.92. The van der Waals surface area contributed by atoms with Gasteiger partial charge in [0.05, 0.1) is 11.7 Å². The SMILES string of the molecule is C=CCC(C)Oc1ccccc1C(F)(F)F. The summed E-state index contributed by atoms with van der Waals surface area (Å²) in [5, 5.41) is 0. The Hall–Kier alpha value is -1.45. The van der Waals surface area contributed by atoms with Gasteiger partial charge in [-0.15, -0.1) is 6.58 Å². The van der Waals surface area contributed by atoms with E-state index in [0.717, 1.165) is 6.07 Å². The van der Waals surface area contributed by atoms with Gasteiger partial charge < -0.3 is 4.74 Å². The van der Waals surface area contributed by atoms with Crippen molar-refractivity contribution in [1.82, 2.24) is 0 Å². The number of rotatable bonds is 4. The fourth-order valence-electron chi connectivity index (χ4n) is 1.30. The number of benzene rings is 1. The first-order valence-electron chi connectivity index (χ1n) is 4.89. The molecular weight excluding hydrogens is 217 g/mol. The third-order valence-corrected chi connectivity index (χ3v) is 2.02. The summed E-state index contributed by atoms with van der Waals surface area (Å²) < 4.78 is 43.0. The van der Waals surface area contributed by atoms with Gasteiger partial charge in [-0.05, 0) is 19.1 Å². The molecule has 0 saturated carbocycles. The minimum atomic E-state index is -4.38. The molecule has 0 aromatic heterocycles. The molecule has 4 heteroatoms. The van der Waals surface area contributed by atoms with Gasteiger partial charge in [0.2, 0.25) is 0 Å². The van der Waals surface area contributed by atoms with Crippen molar-refractivity contribution in [2.24, 2.45) is 0 Å². The maximum atomic E-state index is 12.6. The average molecular weight is 230 g/mol. The molecule has 0 heterocycles. The van der Waals surface area contributed by atoms with E-state index in [2.05, 4.69) is 6.58 Å². The first-order valence-corrected chi connectivity index (χ1v) is 4.89. The molecule has 0 spiro atoms. The lowest BCUT2D eigenvalue weighted by atomic mass is 10.2. The van der Waals surface area contributed by atoms with E-state index in [4.69, 9.17) is 4.74 Å². The molecule has 1 rings (SSSR count). The second-order valence-corrected chi connectivity index (χ2v) is 3.45. The average Bonchev–Trinajstić information content (AvgIpc) is 2.17. The Morgan fingerprint density at radius 3 is 2.56 bits per heavy atom. The summed E-state index contributed by atoms with van der Waals surface area (Å²) in [5.41, 5.74) is -0.745. The van der Waals surface area contributed by atoms with E-state index in [1.54, 1.807) is 13.0 Å². The van der Waals surface area contributed by atoms with Crippen molar-refractivity contribution in [2.75, 3.05) is 0 Å². The molecule has 1 aromatic rings. The molecule has 0 aliphatic heterocycles. The van der Waals surface area contributed by atoms with Crippen LogP contribution < -0.4 is 4.74 Å². The summed E-state index contributed by atoms with van der Waals surface area (Å²) in [7, 11) is 0. The third kappa shape index (κ3) is 3.29. The summed E-state index contributed by atoms with van der Waals surface area (Å²) in [4.78, 5) is 0. The number of ether oxygens (including phenoxy) is 1. The zero-order chi connectivity index (χ0) is 12.2. The van der Waals surface area contributed by atoms with E-state index < -0.39 is 11.7 Å². The van der Waals surface area contributed by atoms with Crippen LogP contribution >= 0.6 is 0 Å². The van der Waals surface area contributed by atoms with Crippen LogP contribution in [-0.2, 0) is 6.18 Å². The van der Waals surface area contributed by atoms with E-state index >= 15 is 0 Å². The molecule has 16 heavy (non-hydrogen) atoms. The number of hydrogen-bond acceptors (Lipinski definition) is 1. The molecule has 0 saturated heterocycles. The van der Waals surface area contributed by atoms with Crippen molar-refractivity contribution in [3.8, 4) is 5.75 Å². The number of para-hydroxylation sites is 1. The van der Waals surface area contributed by atoms with E-state index in [1.807, 2.05) is 0 Å². The Morgan fingerprint density at radius 2 is 2.00 bits per heavy atom. The maximum absolute atomic E-state index is 12.6. The summed E-state index contributed by atoms with van der Waals surface area (Å²) >= 11 is 0. The minimum Gasteiger partial charge on any atom is -0.490 e. The molecule has 0 bridgehead atoms. The quantitative estimate of drug-likeness (QED) is 0.709. The Bertz CT molecular complexity index is 358. The van der Waals surface area contributed by atoms with E-state index in [-0.39, 0.29) is 11.9 Å². The van der Waals surface area contributed by atoms with Crippen LogP contribution in [0.5, 0.6) is 5.75 Å². The van der Waals surface area contributed by atoms with E-state index in [0.29, 0.717) is 6.42 Å². The first kappa shape index (κ1) is 12.6. The molecule has 0 fully saturated rings. The molecule has 0 N–H and O–H groups in total. The predicted octanol–water partition coefficient (Wildman–Crippen LogP) is 4.05. The fourth-order valence-corrected chi connectivity index (χ4v) is 1.30. The van der Waals surface area contributed by atoms with Crippen molar-refractivity contribution >= 4 is 0 Å². The topological polar surface area (TPSA) is 9.23 Å². The Kier molecular flexibility index (Phi) is 3.99. The molecule has 0 aliphatic carbocycles. The first-order chi connectivity index (χ1) is 7.45. The highest BCUT2D eigenvalue weighted by atomic mass is 19.4. The fraction of sp³-hybridized carbons (Fsp3) is 0.333. The van der Waals surface area contributed by atoms with Crippen LogP contribution in [0.15, 0.2) is 36.9 Å². The van der Waals surface area contributed by atoms with E-state index in [9.17, 15) is 13.2 Å². The third-order valence-electron chi connectivity index (χ3n) is 2.02. The van der Waals surface area contributed by atoms with Crippen LogP contribution in [-0.4, -0.2) is 6.10 Å². The highest BCUT2D eigenvalue weighted by Gasteiger charge is 2.34. The van der Waals surface area contributed by atoms with Crippen molar-refractivity contribution in [3.05, 3.63) is 42.5 Å². The summed E-state index contributed by atoms with van der Waals surface area (Å²) in [6.07, 6.45) is -2.58. The van der Waals surface area contributed by atoms with Gasteiger partial charge in [0, 0.05) is 6.42 Å². The van der Waals surface area contributed by atoms with Crippen molar-refractivity contribution in [1.29, 1.82) is 0 Å². The van der Waals surface area contributed by atoms with Gasteiger partial charge in [0.1, 0.15) is 5.75 Å². The highest BCUT2D eigenvalue weighted by Crippen LogP contribution is 2.36. The lowest BCUT2D eigenvalue weighted by molar-refractivity contribution is -0.139. The van der Waals surface area contributed by atoms with Crippen LogP contribution in [0.2, 0.25) is 0 Å². The Labute approximate surface area is 92.5 Å². The molecule has 0 aliphatic rings. The molecule has 88 valence electrons. The van der Waals surface area contributed by atoms with Gasteiger partial charge in [-0.3, -0.25) is 0 Å². The van der Waals surface area contributed by atoms with Gasteiger partial charge in [-0.2, -0.15) is 13.2 Å². The summed E-state index contributed by atoms with van der Waals surface area (Å²) in [6.45, 7) is 5.21. The van der Waals surface area contributed by atoms with Gasteiger partial charge >= 0.3 is 6.18 Å². The number of alkyl halides is 3.